The highest BCUT2D eigenvalue weighted by Crippen LogP contribution is 2.36. The maximum atomic E-state index is 14.8. The molecule has 0 bridgehead atoms. The number of rotatable bonds is 7. The van der Waals surface area contributed by atoms with E-state index in [1.807, 2.05) is 4.90 Å². The van der Waals surface area contributed by atoms with Gasteiger partial charge in [0.2, 0.25) is 4.90 Å². The lowest BCUT2D eigenvalue weighted by atomic mass is 9.87. The van der Waals surface area contributed by atoms with Gasteiger partial charge in [-0.3, -0.25) is 4.79 Å². The van der Waals surface area contributed by atoms with Gasteiger partial charge >= 0.3 is 5.91 Å². The Labute approximate surface area is 188 Å². The van der Waals surface area contributed by atoms with E-state index in [-0.39, 0.29) is 22.8 Å². The molecule has 4 rings (SSSR count). The van der Waals surface area contributed by atoms with Crippen molar-refractivity contribution in [3.05, 3.63) is 54.0 Å². The molecular formula is C23H25FN2O5S. The zero-order chi connectivity index (χ0) is 23.0. The van der Waals surface area contributed by atoms with E-state index in [0.717, 1.165) is 6.42 Å². The summed E-state index contributed by atoms with van der Waals surface area (Å²) in [6, 6.07) is 10.9. The molecule has 2 atom stereocenters. The predicted molar refractivity (Wildman–Crippen MR) is 120 cm³/mol. The summed E-state index contributed by atoms with van der Waals surface area (Å²) in [5.41, 5.74) is -0.157. The topological polar surface area (TPSA) is 98.0 Å². The van der Waals surface area contributed by atoms with Crippen molar-refractivity contribution in [2.75, 3.05) is 18.1 Å². The zero-order valence-corrected chi connectivity index (χ0v) is 18.9. The molecule has 7 nitrogen and oxygen atoms in total. The number of ether oxygens (including phenoxy) is 1. The van der Waals surface area contributed by atoms with Gasteiger partial charge in [-0.2, -0.15) is 4.72 Å². The maximum Gasteiger partial charge on any atom is 0.328 e. The third kappa shape index (κ3) is 4.28. The molecule has 170 valence electrons. The minimum absolute atomic E-state index is 0.134. The van der Waals surface area contributed by atoms with Crippen LogP contribution in [0.4, 0.5) is 10.1 Å². The first-order valence-electron chi connectivity index (χ1n) is 10.4. The van der Waals surface area contributed by atoms with Crippen LogP contribution in [0.2, 0.25) is 0 Å². The van der Waals surface area contributed by atoms with Crippen molar-refractivity contribution in [2.45, 2.75) is 43.7 Å². The number of para-hydroxylation sites is 1. The van der Waals surface area contributed by atoms with Gasteiger partial charge in [0.1, 0.15) is 22.8 Å². The average molecular weight is 461 g/mol. The molecule has 3 aromatic rings. The van der Waals surface area contributed by atoms with E-state index in [1.165, 1.54) is 12.1 Å². The van der Waals surface area contributed by atoms with E-state index in [1.54, 1.807) is 51.1 Å². The van der Waals surface area contributed by atoms with E-state index < -0.39 is 28.7 Å². The highest BCUT2D eigenvalue weighted by atomic mass is 32.2. The summed E-state index contributed by atoms with van der Waals surface area (Å²) < 4.78 is 40.9. The molecule has 0 aliphatic carbocycles. The average Bonchev–Trinajstić information content (AvgIpc) is 3.11. The quantitative estimate of drug-likeness (QED) is 0.521. The number of fused-ring (bicyclic) bond motifs is 1. The van der Waals surface area contributed by atoms with Crippen LogP contribution in [-0.2, 0) is 11.4 Å². The lowest BCUT2D eigenvalue weighted by Gasteiger charge is -2.48. The first-order valence-corrected chi connectivity index (χ1v) is 11.5. The second kappa shape index (κ2) is 8.65. The van der Waals surface area contributed by atoms with Crippen LogP contribution in [0.15, 0.2) is 51.8 Å². The summed E-state index contributed by atoms with van der Waals surface area (Å²) in [7, 11) is 0. The summed E-state index contributed by atoms with van der Waals surface area (Å²) in [6.45, 7) is 6.32. The molecule has 2 unspecified atom stereocenters. The van der Waals surface area contributed by atoms with Crippen molar-refractivity contribution in [3.8, 4) is 5.75 Å². The summed E-state index contributed by atoms with van der Waals surface area (Å²) in [4.78, 5) is 14.9. The molecule has 2 N–H and O–H groups in total. The summed E-state index contributed by atoms with van der Waals surface area (Å²) in [5, 5.41) is 10.5. The Hall–Kier alpha value is -2.75. The van der Waals surface area contributed by atoms with Crippen molar-refractivity contribution < 1.29 is 28.0 Å². The number of amides is 1. The molecular weight excluding hydrogens is 435 g/mol. The Morgan fingerprint density at radius 1 is 1.38 bits per heavy atom. The minimum Gasteiger partial charge on any atom is -0.588 e. The molecule has 1 aliphatic rings. The first-order chi connectivity index (χ1) is 15.2. The Kier molecular flexibility index (Phi) is 6.07. The minimum atomic E-state index is -1.89. The first kappa shape index (κ1) is 22.4. The molecule has 0 saturated carbocycles. The number of carbonyl (C=O) groups excluding carboxylic acids is 1. The van der Waals surface area contributed by atoms with Gasteiger partial charge in [-0.25, -0.2) is 4.39 Å². The summed E-state index contributed by atoms with van der Waals surface area (Å²) >= 11 is -1.89. The normalized spacial score (nSPS) is 17.2. The maximum absolute atomic E-state index is 14.8. The Bertz CT molecular complexity index is 1140. The van der Waals surface area contributed by atoms with Crippen molar-refractivity contribution in [2.24, 2.45) is 0 Å². The standard InChI is InChI=1S/C23H25FN2O5S/c1-4-30-17-7-5-6-8-20(17)32(29)25-22(27)19-13-15-16(24)11-14(12-18(15)31-19)26-10-9-21(26)23(2,3)28/h5-8,11-13,21,28H,4,9-10H2,1-3H3,(H,25,27). The van der Waals surface area contributed by atoms with Gasteiger partial charge in [0.25, 0.3) is 0 Å². The number of hydrogen-bond donors (Lipinski definition) is 2. The van der Waals surface area contributed by atoms with Crippen LogP contribution in [0.25, 0.3) is 11.0 Å². The van der Waals surface area contributed by atoms with Gasteiger partial charge in [0, 0.05) is 24.4 Å². The molecule has 1 aromatic heterocycles. The SMILES string of the molecule is CCOc1ccccc1[S+]([O-])NC(=O)c1cc2c(F)cc(N3CCC3C(C)(C)O)cc2o1. The number of anilines is 1. The third-order valence-corrected chi connectivity index (χ3v) is 6.60. The molecule has 32 heavy (non-hydrogen) atoms. The molecule has 9 heteroatoms. The van der Waals surface area contributed by atoms with Gasteiger partial charge in [-0.1, -0.05) is 12.1 Å². The van der Waals surface area contributed by atoms with Crippen LogP contribution < -0.4 is 14.4 Å². The largest absolute Gasteiger partial charge is 0.588 e. The van der Waals surface area contributed by atoms with Crippen molar-refractivity contribution in [1.29, 1.82) is 0 Å². The highest BCUT2D eigenvalue weighted by Gasteiger charge is 2.39. The number of aliphatic hydroxyl groups is 1. The predicted octanol–water partition coefficient (Wildman–Crippen LogP) is 3.77. The number of furan rings is 1. The third-order valence-electron chi connectivity index (χ3n) is 5.50. The smallest absolute Gasteiger partial charge is 0.328 e. The number of carbonyl (C=O) groups is 1. The number of nitrogens with one attached hydrogen (secondary N) is 1. The van der Waals surface area contributed by atoms with E-state index in [4.69, 9.17) is 9.15 Å². The van der Waals surface area contributed by atoms with E-state index in [9.17, 15) is 18.8 Å². The zero-order valence-electron chi connectivity index (χ0n) is 18.1. The van der Waals surface area contributed by atoms with Gasteiger partial charge in [-0.15, -0.1) is 0 Å². The van der Waals surface area contributed by atoms with Gasteiger partial charge in [-0.05, 0) is 45.4 Å². The molecule has 0 radical (unpaired) electrons. The van der Waals surface area contributed by atoms with Crippen LogP contribution in [0.3, 0.4) is 0 Å². The second-order valence-corrected chi connectivity index (χ2v) is 9.36. The van der Waals surface area contributed by atoms with Crippen molar-refractivity contribution >= 4 is 33.9 Å². The fourth-order valence-electron chi connectivity index (χ4n) is 3.86. The molecule has 1 fully saturated rings. The Morgan fingerprint density at radius 3 is 2.78 bits per heavy atom. The van der Waals surface area contributed by atoms with Crippen LogP contribution in [0.1, 0.15) is 37.7 Å². The molecule has 1 saturated heterocycles. The number of halogens is 1. The molecule has 0 spiro atoms. The van der Waals surface area contributed by atoms with Crippen molar-refractivity contribution in [1.82, 2.24) is 4.72 Å². The van der Waals surface area contributed by atoms with E-state index in [2.05, 4.69) is 4.72 Å². The fourth-order valence-corrected chi connectivity index (χ4v) is 4.75. The van der Waals surface area contributed by atoms with Gasteiger partial charge in [0.15, 0.2) is 11.5 Å². The monoisotopic (exact) mass is 460 g/mol. The van der Waals surface area contributed by atoms with Gasteiger partial charge in [0.05, 0.1) is 23.6 Å². The van der Waals surface area contributed by atoms with Crippen LogP contribution in [0, 0.1) is 5.82 Å². The van der Waals surface area contributed by atoms with Crippen molar-refractivity contribution in [3.63, 3.8) is 0 Å². The second-order valence-electron chi connectivity index (χ2n) is 8.18. The van der Waals surface area contributed by atoms with E-state index >= 15 is 0 Å². The van der Waals surface area contributed by atoms with Crippen LogP contribution in [-0.4, -0.2) is 40.4 Å². The van der Waals surface area contributed by atoms with E-state index in [0.29, 0.717) is 29.5 Å². The molecule has 1 aliphatic heterocycles. The Balaban J connectivity index is 1.56. The Morgan fingerprint density at radius 2 is 2.12 bits per heavy atom. The number of benzene rings is 2. The summed E-state index contributed by atoms with van der Waals surface area (Å²) in [6.07, 6.45) is 0.796. The van der Waals surface area contributed by atoms with Gasteiger partial charge < -0.3 is 23.7 Å². The summed E-state index contributed by atoms with van der Waals surface area (Å²) in [5.74, 6) is -1.01. The number of nitrogens with zero attached hydrogens (tertiary/aromatic N) is 1. The highest BCUT2D eigenvalue weighted by molar-refractivity contribution is 7.90. The molecule has 2 heterocycles. The molecule has 1 amide bonds. The van der Waals surface area contributed by atoms with Crippen LogP contribution >= 0.6 is 0 Å². The lowest BCUT2D eigenvalue weighted by molar-refractivity contribution is 0.0293. The lowest BCUT2D eigenvalue weighted by Crippen LogP contribution is -2.58. The van der Waals surface area contributed by atoms with Crippen LogP contribution in [0.5, 0.6) is 5.75 Å². The number of hydrogen-bond acceptors (Lipinski definition) is 6. The molecule has 2 aromatic carbocycles. The fraction of sp³-hybridized carbons (Fsp3) is 0.348.